The summed E-state index contributed by atoms with van der Waals surface area (Å²) in [5.41, 5.74) is 0.465. The highest BCUT2D eigenvalue weighted by Gasteiger charge is 2.33. The van der Waals surface area contributed by atoms with Crippen molar-refractivity contribution in [3.05, 3.63) is 40.4 Å². The number of benzene rings is 1. The smallest absolute Gasteiger partial charge is 0.444 e. The number of carbonyl (C=O) groups is 1. The van der Waals surface area contributed by atoms with Crippen LogP contribution in [0.1, 0.15) is 27.7 Å². The first-order chi connectivity index (χ1) is 16.3. The minimum absolute atomic E-state index is 0.112. The van der Waals surface area contributed by atoms with Gasteiger partial charge in [0.05, 0.1) is 11.1 Å². The summed E-state index contributed by atoms with van der Waals surface area (Å²) in [6, 6.07) is 5.63. The summed E-state index contributed by atoms with van der Waals surface area (Å²) in [7, 11) is 0. The van der Waals surface area contributed by atoms with Crippen molar-refractivity contribution in [1.82, 2.24) is 19.4 Å². The molecular formula is C23H25F3IN5O3. The predicted molar refractivity (Wildman–Crippen MR) is 133 cm³/mol. The molecule has 3 aromatic rings. The average molecular weight is 603 g/mol. The minimum atomic E-state index is -4.78. The van der Waals surface area contributed by atoms with E-state index in [2.05, 4.69) is 42.2 Å². The van der Waals surface area contributed by atoms with Crippen LogP contribution in [0.15, 0.2) is 36.8 Å². The summed E-state index contributed by atoms with van der Waals surface area (Å²) in [4.78, 5) is 25.3. The molecule has 8 nitrogen and oxygen atoms in total. The molecule has 0 bridgehead atoms. The first-order valence-corrected chi connectivity index (χ1v) is 12.0. The second-order valence-electron chi connectivity index (χ2n) is 9.26. The van der Waals surface area contributed by atoms with E-state index in [-0.39, 0.29) is 17.9 Å². The molecule has 188 valence electrons. The van der Waals surface area contributed by atoms with Crippen LogP contribution in [0.3, 0.4) is 0 Å². The first kappa shape index (κ1) is 25.3. The molecule has 1 aliphatic rings. The van der Waals surface area contributed by atoms with E-state index >= 15 is 0 Å². The van der Waals surface area contributed by atoms with Gasteiger partial charge in [-0.25, -0.2) is 14.8 Å². The fourth-order valence-corrected chi connectivity index (χ4v) is 4.77. The van der Waals surface area contributed by atoms with Gasteiger partial charge in [0, 0.05) is 41.5 Å². The number of rotatable bonds is 3. The summed E-state index contributed by atoms with van der Waals surface area (Å²) in [6.07, 6.45) is -1.89. The maximum absolute atomic E-state index is 12.7. The van der Waals surface area contributed by atoms with Crippen LogP contribution < -0.4 is 9.64 Å². The van der Waals surface area contributed by atoms with E-state index in [1.165, 1.54) is 24.5 Å². The lowest BCUT2D eigenvalue weighted by molar-refractivity contribution is -0.274. The number of amides is 1. The van der Waals surface area contributed by atoms with Crippen molar-refractivity contribution in [3.63, 3.8) is 0 Å². The molecule has 0 unspecified atom stereocenters. The molecule has 0 aliphatic carbocycles. The predicted octanol–water partition coefficient (Wildman–Crippen LogP) is 5.37. The number of ether oxygens (including phenoxy) is 2. The summed E-state index contributed by atoms with van der Waals surface area (Å²) in [6.45, 7) is 9.02. The van der Waals surface area contributed by atoms with Gasteiger partial charge in [0.1, 0.15) is 23.5 Å². The molecule has 2 aromatic heterocycles. The van der Waals surface area contributed by atoms with Crippen LogP contribution in [-0.2, 0) is 4.74 Å². The third-order valence-electron chi connectivity index (χ3n) is 5.40. The molecule has 3 heterocycles. The molecule has 1 fully saturated rings. The molecule has 1 saturated heterocycles. The van der Waals surface area contributed by atoms with Crippen molar-refractivity contribution in [3.8, 4) is 11.4 Å². The lowest BCUT2D eigenvalue weighted by Gasteiger charge is -2.40. The number of nitrogens with zero attached hydrogens (tertiary/aromatic N) is 5. The maximum Gasteiger partial charge on any atom is 0.573 e. The Morgan fingerprint density at radius 3 is 2.57 bits per heavy atom. The number of piperazine rings is 1. The largest absolute Gasteiger partial charge is 0.573 e. The molecule has 1 amide bonds. The average Bonchev–Trinajstić information content (AvgIpc) is 3.08. The number of alkyl halides is 3. The second kappa shape index (κ2) is 9.36. The SMILES string of the molecule is C[C@@H]1CN(c2ncnc3c2c(I)cn3-c2cccc(OC(F)(F)F)c2)CCN1C(=O)OC(C)(C)C. The fourth-order valence-electron chi connectivity index (χ4n) is 4.01. The van der Waals surface area contributed by atoms with E-state index in [9.17, 15) is 18.0 Å². The summed E-state index contributed by atoms with van der Waals surface area (Å²) in [5.74, 6) is 0.393. The van der Waals surface area contributed by atoms with Crippen molar-refractivity contribution in [2.45, 2.75) is 45.7 Å². The number of aromatic nitrogens is 3. The monoisotopic (exact) mass is 603 g/mol. The van der Waals surface area contributed by atoms with Crippen LogP contribution in [-0.4, -0.2) is 63.2 Å². The highest BCUT2D eigenvalue weighted by Crippen LogP contribution is 2.33. The Bertz CT molecular complexity index is 1240. The van der Waals surface area contributed by atoms with E-state index in [1.807, 2.05) is 27.7 Å². The number of carbonyl (C=O) groups excluding carboxylic acids is 1. The zero-order valence-corrected chi connectivity index (χ0v) is 21.8. The Hall–Kier alpha value is -2.77. The zero-order valence-electron chi connectivity index (χ0n) is 19.6. The van der Waals surface area contributed by atoms with Crippen LogP contribution in [0.5, 0.6) is 5.75 Å². The van der Waals surface area contributed by atoms with Crippen molar-refractivity contribution >= 4 is 45.5 Å². The van der Waals surface area contributed by atoms with E-state index in [0.29, 0.717) is 36.8 Å². The lowest BCUT2D eigenvalue weighted by Crippen LogP contribution is -2.55. The number of hydrogen-bond acceptors (Lipinski definition) is 6. The number of anilines is 1. The van der Waals surface area contributed by atoms with Gasteiger partial charge in [-0.2, -0.15) is 0 Å². The highest BCUT2D eigenvalue weighted by atomic mass is 127. The van der Waals surface area contributed by atoms with E-state index in [1.54, 1.807) is 21.7 Å². The van der Waals surface area contributed by atoms with Gasteiger partial charge in [-0.05, 0) is 62.4 Å². The highest BCUT2D eigenvalue weighted by molar-refractivity contribution is 14.1. The van der Waals surface area contributed by atoms with Gasteiger partial charge in [0.15, 0.2) is 5.65 Å². The molecule has 35 heavy (non-hydrogen) atoms. The van der Waals surface area contributed by atoms with E-state index in [0.717, 1.165) is 8.96 Å². The topological polar surface area (TPSA) is 72.7 Å². The third kappa shape index (κ3) is 5.73. The Morgan fingerprint density at radius 2 is 1.91 bits per heavy atom. The normalized spacial score (nSPS) is 17.1. The van der Waals surface area contributed by atoms with Crippen LogP contribution in [0.25, 0.3) is 16.7 Å². The molecule has 1 aliphatic heterocycles. The third-order valence-corrected chi connectivity index (χ3v) is 6.22. The number of hydrogen-bond donors (Lipinski definition) is 0. The molecule has 4 rings (SSSR count). The molecule has 1 aromatic carbocycles. The maximum atomic E-state index is 12.7. The molecule has 1 atom stereocenters. The second-order valence-corrected chi connectivity index (χ2v) is 10.4. The Kier molecular flexibility index (Phi) is 6.77. The lowest BCUT2D eigenvalue weighted by atomic mass is 10.2. The summed E-state index contributed by atoms with van der Waals surface area (Å²) < 4.78 is 50.2. The van der Waals surface area contributed by atoms with Crippen LogP contribution in [0.2, 0.25) is 0 Å². The quantitative estimate of drug-likeness (QED) is 0.375. The summed E-state index contributed by atoms with van der Waals surface area (Å²) in [5, 5.41) is 0.785. The van der Waals surface area contributed by atoms with Gasteiger partial charge in [-0.3, -0.25) is 4.57 Å². The van der Waals surface area contributed by atoms with E-state index < -0.39 is 12.0 Å². The Balaban J connectivity index is 1.63. The Labute approximate surface area is 214 Å². The standard InChI is InChI=1S/C23H25F3IN5O3/c1-14-11-30(8-9-31(14)21(33)35-22(2,3)4)19-18-17(27)12-32(20(18)29-13-28-19)15-6-5-7-16(10-15)34-23(24,25)26/h5-7,10,12-14H,8-9,11H2,1-4H3/t14-/m1/s1. The van der Waals surface area contributed by atoms with Crippen LogP contribution in [0, 0.1) is 3.57 Å². The molecule has 12 heteroatoms. The van der Waals surface area contributed by atoms with Gasteiger partial charge in [-0.15, -0.1) is 13.2 Å². The molecule has 0 saturated carbocycles. The molecule has 0 N–H and O–H groups in total. The first-order valence-electron chi connectivity index (χ1n) is 10.9. The van der Waals surface area contributed by atoms with E-state index in [4.69, 9.17) is 4.74 Å². The zero-order chi connectivity index (χ0) is 25.5. The van der Waals surface area contributed by atoms with Crippen LogP contribution >= 0.6 is 22.6 Å². The van der Waals surface area contributed by atoms with Crippen molar-refractivity contribution in [2.75, 3.05) is 24.5 Å². The number of fused-ring (bicyclic) bond motifs is 1. The molecular weight excluding hydrogens is 578 g/mol. The minimum Gasteiger partial charge on any atom is -0.444 e. The fraction of sp³-hybridized carbons (Fsp3) is 0.435. The molecule has 0 radical (unpaired) electrons. The van der Waals surface area contributed by atoms with Gasteiger partial charge >= 0.3 is 12.5 Å². The van der Waals surface area contributed by atoms with Gasteiger partial charge in [0.25, 0.3) is 0 Å². The van der Waals surface area contributed by atoms with Crippen molar-refractivity contribution in [2.24, 2.45) is 0 Å². The van der Waals surface area contributed by atoms with Gasteiger partial charge in [-0.1, -0.05) is 6.07 Å². The summed E-state index contributed by atoms with van der Waals surface area (Å²) >= 11 is 2.17. The number of halogens is 4. The van der Waals surface area contributed by atoms with Crippen molar-refractivity contribution < 1.29 is 27.4 Å². The Morgan fingerprint density at radius 1 is 1.17 bits per heavy atom. The van der Waals surface area contributed by atoms with Crippen molar-refractivity contribution in [1.29, 1.82) is 0 Å². The van der Waals surface area contributed by atoms with Crippen LogP contribution in [0.4, 0.5) is 23.8 Å². The van der Waals surface area contributed by atoms with Gasteiger partial charge < -0.3 is 19.3 Å². The molecule has 0 spiro atoms. The van der Waals surface area contributed by atoms with Gasteiger partial charge in [0.2, 0.25) is 0 Å².